The van der Waals surface area contributed by atoms with Gasteiger partial charge in [0.15, 0.2) is 7.14 Å². The summed E-state index contributed by atoms with van der Waals surface area (Å²) < 4.78 is 14.8. The maximum atomic E-state index is 14.8. The van der Waals surface area contributed by atoms with Gasteiger partial charge in [-0.2, -0.15) is 0 Å². The first-order valence-electron chi connectivity index (χ1n) is 12.4. The zero-order valence-corrected chi connectivity index (χ0v) is 21.6. The Morgan fingerprint density at radius 3 is 1.75 bits per heavy atom. The predicted octanol–water partition coefficient (Wildman–Crippen LogP) is 7.25. The lowest BCUT2D eigenvalue weighted by Crippen LogP contribution is -2.25. The van der Waals surface area contributed by atoms with Crippen molar-refractivity contribution < 1.29 is 4.57 Å². The molecule has 0 atom stereocenters. The second-order valence-electron chi connectivity index (χ2n) is 9.52. The van der Waals surface area contributed by atoms with E-state index >= 15 is 0 Å². The number of hydrogen-bond acceptors (Lipinski definition) is 2. The molecule has 2 nitrogen and oxygen atoms in total. The first-order chi connectivity index (χ1) is 17.6. The minimum absolute atomic E-state index is 0.519. The fourth-order valence-corrected chi connectivity index (χ4v) is 7.42. The third kappa shape index (κ3) is 4.83. The van der Waals surface area contributed by atoms with Crippen LogP contribution in [0.25, 0.3) is 22.4 Å². The molecule has 5 rings (SSSR count). The lowest BCUT2D eigenvalue weighted by Gasteiger charge is -2.21. The van der Waals surface area contributed by atoms with Gasteiger partial charge in [0.1, 0.15) is 0 Å². The molecule has 3 heteroatoms. The van der Waals surface area contributed by atoms with Crippen molar-refractivity contribution in [3.63, 3.8) is 0 Å². The predicted molar refractivity (Wildman–Crippen MR) is 153 cm³/mol. The third-order valence-electron chi connectivity index (χ3n) is 6.45. The van der Waals surface area contributed by atoms with Gasteiger partial charge < -0.3 is 4.57 Å². The van der Waals surface area contributed by atoms with Crippen LogP contribution in [0, 0.1) is 5.92 Å². The molecule has 0 amide bonds. The van der Waals surface area contributed by atoms with E-state index in [1.165, 1.54) is 16.7 Å². The van der Waals surface area contributed by atoms with Gasteiger partial charge in [0.05, 0.1) is 5.69 Å². The molecule has 4 aromatic carbocycles. The Kier molecular flexibility index (Phi) is 6.98. The average Bonchev–Trinajstić information content (AvgIpc) is 2.94. The Morgan fingerprint density at radius 2 is 1.17 bits per heavy atom. The molecule has 36 heavy (non-hydrogen) atoms. The Balaban J connectivity index is 1.63. The van der Waals surface area contributed by atoms with Crippen molar-refractivity contribution in [2.45, 2.75) is 20.3 Å². The Morgan fingerprint density at radius 1 is 0.639 bits per heavy atom. The molecule has 178 valence electrons. The topological polar surface area (TPSA) is 30.0 Å². The number of aromatic nitrogens is 1. The van der Waals surface area contributed by atoms with Crippen LogP contribution in [0.15, 0.2) is 128 Å². The third-order valence-corrected chi connectivity index (χ3v) is 9.50. The summed E-state index contributed by atoms with van der Waals surface area (Å²) in [6.07, 6.45) is 2.95. The van der Waals surface area contributed by atoms with E-state index in [1.807, 2.05) is 85.1 Å². The lowest BCUT2D eigenvalue weighted by atomic mass is 9.94. The molecule has 0 aliphatic carbocycles. The number of rotatable bonds is 7. The van der Waals surface area contributed by atoms with Gasteiger partial charge in [-0.05, 0) is 35.6 Å². The van der Waals surface area contributed by atoms with Crippen molar-refractivity contribution >= 4 is 23.1 Å². The van der Waals surface area contributed by atoms with E-state index in [2.05, 4.69) is 56.3 Å². The van der Waals surface area contributed by atoms with Crippen LogP contribution >= 0.6 is 7.14 Å². The van der Waals surface area contributed by atoms with E-state index in [0.29, 0.717) is 5.92 Å². The fourth-order valence-electron chi connectivity index (χ4n) is 4.73. The molecule has 0 bridgehead atoms. The quantitative estimate of drug-likeness (QED) is 0.226. The standard InChI is InChI=1S/C33H30NOP/c1-25(2)21-28-23-33(34-24-32(28)26-13-6-3-7-14-26)27-15-12-20-31(22-27)36(35,29-16-8-4-9-17-29)30-18-10-5-11-19-30/h3-20,22-25H,21H2,1-2H3. The van der Waals surface area contributed by atoms with Crippen LogP contribution < -0.4 is 15.9 Å². The maximum Gasteiger partial charge on any atom is 0.171 e. The zero-order chi connectivity index (χ0) is 25.0. The van der Waals surface area contributed by atoms with Gasteiger partial charge in [0.2, 0.25) is 0 Å². The van der Waals surface area contributed by atoms with Crippen molar-refractivity contribution in [3.8, 4) is 22.4 Å². The van der Waals surface area contributed by atoms with Crippen LogP contribution in [0.5, 0.6) is 0 Å². The molecular weight excluding hydrogens is 457 g/mol. The van der Waals surface area contributed by atoms with Gasteiger partial charge >= 0.3 is 0 Å². The molecule has 5 aromatic rings. The van der Waals surface area contributed by atoms with E-state index in [4.69, 9.17) is 4.98 Å². The van der Waals surface area contributed by atoms with Gasteiger partial charge in [-0.25, -0.2) is 0 Å². The fraction of sp³-hybridized carbons (Fsp3) is 0.121. The summed E-state index contributed by atoms with van der Waals surface area (Å²) in [4.78, 5) is 4.87. The van der Waals surface area contributed by atoms with E-state index in [1.54, 1.807) is 0 Å². The molecule has 0 aliphatic rings. The van der Waals surface area contributed by atoms with Gasteiger partial charge in [-0.3, -0.25) is 4.98 Å². The molecule has 0 unspecified atom stereocenters. The number of nitrogens with zero attached hydrogens (tertiary/aromatic N) is 1. The summed E-state index contributed by atoms with van der Waals surface area (Å²) in [6.45, 7) is 4.48. The Bertz CT molecular complexity index is 1450. The second-order valence-corrected chi connectivity index (χ2v) is 12.3. The van der Waals surface area contributed by atoms with Crippen molar-refractivity contribution in [3.05, 3.63) is 133 Å². The normalized spacial score (nSPS) is 11.5. The van der Waals surface area contributed by atoms with Crippen LogP contribution in [-0.4, -0.2) is 4.98 Å². The van der Waals surface area contributed by atoms with Crippen LogP contribution in [0.3, 0.4) is 0 Å². The first kappa shape index (κ1) is 24.0. The lowest BCUT2D eigenvalue weighted by molar-refractivity contribution is 0.592. The van der Waals surface area contributed by atoms with Crippen LogP contribution in [0.4, 0.5) is 0 Å². The molecule has 0 N–H and O–H groups in total. The molecule has 0 aliphatic heterocycles. The van der Waals surface area contributed by atoms with Crippen molar-refractivity contribution in [1.82, 2.24) is 4.98 Å². The average molecular weight is 488 g/mol. The summed E-state index contributed by atoms with van der Waals surface area (Å²) >= 11 is 0. The Labute approximate surface area is 214 Å². The molecule has 0 radical (unpaired) electrons. The molecule has 0 saturated heterocycles. The highest BCUT2D eigenvalue weighted by Gasteiger charge is 2.29. The highest BCUT2D eigenvalue weighted by molar-refractivity contribution is 7.85. The molecule has 1 aromatic heterocycles. The van der Waals surface area contributed by atoms with Gasteiger partial charge in [0, 0.05) is 33.2 Å². The highest BCUT2D eigenvalue weighted by atomic mass is 31.2. The molecule has 1 heterocycles. The number of benzene rings is 4. The summed E-state index contributed by atoms with van der Waals surface area (Å²) in [5.74, 6) is 0.519. The minimum Gasteiger partial charge on any atom is -0.309 e. The SMILES string of the molecule is CC(C)Cc1cc(-c2cccc(P(=O)(c3ccccc3)c3ccccc3)c2)ncc1-c1ccccc1. The number of pyridine rings is 1. The molecule has 0 fully saturated rings. The minimum atomic E-state index is -3.04. The summed E-state index contributed by atoms with van der Waals surface area (Å²) in [6, 6.07) is 40.4. The van der Waals surface area contributed by atoms with E-state index in [9.17, 15) is 4.57 Å². The van der Waals surface area contributed by atoms with Crippen molar-refractivity contribution in [2.24, 2.45) is 5.92 Å². The Hall–Kier alpha value is -3.74. The van der Waals surface area contributed by atoms with Gasteiger partial charge in [-0.15, -0.1) is 0 Å². The second kappa shape index (κ2) is 10.5. The number of hydrogen-bond donors (Lipinski definition) is 0. The van der Waals surface area contributed by atoms with E-state index < -0.39 is 7.14 Å². The largest absolute Gasteiger partial charge is 0.309 e. The summed E-state index contributed by atoms with van der Waals surface area (Å²) in [5.41, 5.74) is 5.51. The van der Waals surface area contributed by atoms with E-state index in [0.717, 1.165) is 33.6 Å². The highest BCUT2D eigenvalue weighted by Crippen LogP contribution is 2.43. The summed E-state index contributed by atoms with van der Waals surface area (Å²) in [7, 11) is -3.04. The van der Waals surface area contributed by atoms with E-state index in [-0.39, 0.29) is 0 Å². The van der Waals surface area contributed by atoms with Crippen molar-refractivity contribution in [1.29, 1.82) is 0 Å². The summed E-state index contributed by atoms with van der Waals surface area (Å²) in [5, 5.41) is 2.49. The molecule has 0 spiro atoms. The van der Waals surface area contributed by atoms with Crippen LogP contribution in [0.2, 0.25) is 0 Å². The zero-order valence-electron chi connectivity index (χ0n) is 20.7. The maximum absolute atomic E-state index is 14.8. The van der Waals surface area contributed by atoms with Gasteiger partial charge in [0.25, 0.3) is 0 Å². The molecule has 0 saturated carbocycles. The monoisotopic (exact) mass is 487 g/mol. The van der Waals surface area contributed by atoms with Gasteiger partial charge in [-0.1, -0.05) is 123 Å². The van der Waals surface area contributed by atoms with Crippen LogP contribution in [0.1, 0.15) is 19.4 Å². The van der Waals surface area contributed by atoms with Crippen LogP contribution in [-0.2, 0) is 11.0 Å². The van der Waals surface area contributed by atoms with Crippen molar-refractivity contribution in [2.75, 3.05) is 0 Å². The first-order valence-corrected chi connectivity index (χ1v) is 14.1. The smallest absolute Gasteiger partial charge is 0.171 e. The molecular formula is C33H30NOP.